The van der Waals surface area contributed by atoms with E-state index in [1.807, 2.05) is 6.92 Å². The van der Waals surface area contributed by atoms with Crippen molar-refractivity contribution in [1.82, 2.24) is 4.98 Å². The number of hydrogen-bond donors (Lipinski definition) is 0. The number of nitrogens with zero attached hydrogens (tertiary/aromatic N) is 1. The summed E-state index contributed by atoms with van der Waals surface area (Å²) < 4.78 is 37.2. The van der Waals surface area contributed by atoms with Crippen LogP contribution in [0.15, 0.2) is 24.3 Å². The zero-order chi connectivity index (χ0) is 14.2. The maximum atomic E-state index is 12.4. The van der Waals surface area contributed by atoms with E-state index in [4.69, 9.17) is 0 Å². The quantitative estimate of drug-likeness (QED) is 0.780. The molecule has 19 heavy (non-hydrogen) atoms. The fraction of sp³-hybridized carbons (Fsp3) is 0.231. The lowest BCUT2D eigenvalue weighted by Crippen LogP contribution is -2.06. The number of aromatic nitrogens is 1. The van der Waals surface area contributed by atoms with Gasteiger partial charge in [0.05, 0.1) is 11.3 Å². The molecule has 1 aromatic carbocycles. The highest BCUT2D eigenvalue weighted by Crippen LogP contribution is 2.29. The minimum Gasteiger partial charge on any atom is -0.286 e. The van der Waals surface area contributed by atoms with E-state index in [1.165, 1.54) is 23.5 Å². The van der Waals surface area contributed by atoms with Crippen LogP contribution in [0.5, 0.6) is 0 Å². The third-order valence-corrected chi connectivity index (χ3v) is 3.77. The van der Waals surface area contributed by atoms with Crippen LogP contribution in [0.4, 0.5) is 13.2 Å². The van der Waals surface area contributed by atoms with E-state index in [1.54, 1.807) is 6.92 Å². The number of alkyl halides is 3. The Labute approximate surface area is 111 Å². The SMILES string of the molecule is Cc1nc(C(=O)c2ccc(C(F)(F)F)cc2)sc1C. The monoisotopic (exact) mass is 285 g/mol. The smallest absolute Gasteiger partial charge is 0.286 e. The van der Waals surface area contributed by atoms with Crippen molar-refractivity contribution in [2.24, 2.45) is 0 Å². The van der Waals surface area contributed by atoms with Crippen molar-refractivity contribution in [1.29, 1.82) is 0 Å². The van der Waals surface area contributed by atoms with Crippen molar-refractivity contribution in [3.63, 3.8) is 0 Å². The Bertz CT molecular complexity index is 594. The Morgan fingerprint density at radius 3 is 2.16 bits per heavy atom. The highest BCUT2D eigenvalue weighted by molar-refractivity contribution is 7.13. The Morgan fingerprint density at radius 1 is 1.16 bits per heavy atom. The van der Waals surface area contributed by atoms with Crippen molar-refractivity contribution in [2.75, 3.05) is 0 Å². The van der Waals surface area contributed by atoms with Gasteiger partial charge in [-0.05, 0) is 26.0 Å². The number of carbonyl (C=O) groups excluding carboxylic acids is 1. The van der Waals surface area contributed by atoms with Crippen molar-refractivity contribution in [2.45, 2.75) is 20.0 Å². The molecule has 0 amide bonds. The first-order valence-corrected chi connectivity index (χ1v) is 6.26. The molecule has 1 heterocycles. The van der Waals surface area contributed by atoms with E-state index in [9.17, 15) is 18.0 Å². The highest BCUT2D eigenvalue weighted by atomic mass is 32.1. The molecule has 2 rings (SSSR count). The van der Waals surface area contributed by atoms with E-state index in [2.05, 4.69) is 4.98 Å². The van der Waals surface area contributed by atoms with Crippen molar-refractivity contribution in [3.05, 3.63) is 51.0 Å². The molecule has 0 N–H and O–H groups in total. The number of benzene rings is 1. The second-order valence-corrected chi connectivity index (χ2v) is 5.27. The van der Waals surface area contributed by atoms with Gasteiger partial charge in [-0.2, -0.15) is 13.2 Å². The molecule has 0 aliphatic carbocycles. The predicted octanol–water partition coefficient (Wildman–Crippen LogP) is 4.01. The number of hydrogen-bond acceptors (Lipinski definition) is 3. The zero-order valence-corrected chi connectivity index (χ0v) is 11.0. The molecular formula is C13H10F3NOS. The lowest BCUT2D eigenvalue weighted by Gasteiger charge is -2.06. The summed E-state index contributed by atoms with van der Waals surface area (Å²) in [5.74, 6) is -0.352. The predicted molar refractivity (Wildman–Crippen MR) is 66.5 cm³/mol. The summed E-state index contributed by atoms with van der Waals surface area (Å²) in [6.07, 6.45) is -4.39. The summed E-state index contributed by atoms with van der Waals surface area (Å²) in [5.41, 5.74) is 0.206. The summed E-state index contributed by atoms with van der Waals surface area (Å²) in [5, 5.41) is 0.301. The number of thiazole rings is 1. The van der Waals surface area contributed by atoms with Gasteiger partial charge in [-0.3, -0.25) is 4.79 Å². The van der Waals surface area contributed by atoms with Crippen LogP contribution in [0.3, 0.4) is 0 Å². The summed E-state index contributed by atoms with van der Waals surface area (Å²) in [6, 6.07) is 4.16. The van der Waals surface area contributed by atoms with Gasteiger partial charge in [0.25, 0.3) is 0 Å². The van der Waals surface area contributed by atoms with Crippen molar-refractivity contribution in [3.8, 4) is 0 Å². The first-order valence-electron chi connectivity index (χ1n) is 5.45. The molecule has 0 saturated heterocycles. The van der Waals surface area contributed by atoms with E-state index < -0.39 is 11.7 Å². The van der Waals surface area contributed by atoms with E-state index in [-0.39, 0.29) is 11.3 Å². The second-order valence-electron chi connectivity index (χ2n) is 4.06. The van der Waals surface area contributed by atoms with Gasteiger partial charge in [0.15, 0.2) is 5.01 Å². The van der Waals surface area contributed by atoms with Crippen LogP contribution >= 0.6 is 11.3 Å². The van der Waals surface area contributed by atoms with Gasteiger partial charge in [-0.25, -0.2) is 4.98 Å². The minimum absolute atomic E-state index is 0.210. The Kier molecular flexibility index (Phi) is 3.45. The fourth-order valence-corrected chi connectivity index (χ4v) is 2.38. The molecule has 1 aromatic heterocycles. The van der Waals surface area contributed by atoms with Gasteiger partial charge in [-0.15, -0.1) is 11.3 Å². The third kappa shape index (κ3) is 2.84. The molecule has 0 radical (unpaired) electrons. The molecule has 2 nitrogen and oxygen atoms in total. The average Bonchev–Trinajstić information content (AvgIpc) is 2.68. The van der Waals surface area contributed by atoms with Crippen LogP contribution in [-0.2, 0) is 6.18 Å². The van der Waals surface area contributed by atoms with Crippen molar-refractivity contribution >= 4 is 17.1 Å². The molecule has 0 saturated carbocycles. The van der Waals surface area contributed by atoms with Crippen LogP contribution in [0.25, 0.3) is 0 Å². The van der Waals surface area contributed by atoms with Crippen LogP contribution < -0.4 is 0 Å². The van der Waals surface area contributed by atoms with Crippen LogP contribution in [0.2, 0.25) is 0 Å². The Hall–Kier alpha value is -1.69. The summed E-state index contributed by atoms with van der Waals surface area (Å²) >= 11 is 1.24. The van der Waals surface area contributed by atoms with E-state index in [0.717, 1.165) is 22.7 Å². The number of aryl methyl sites for hydroxylation is 2. The molecule has 0 fully saturated rings. The molecule has 6 heteroatoms. The maximum Gasteiger partial charge on any atom is 0.416 e. The van der Waals surface area contributed by atoms with Crippen LogP contribution in [0.1, 0.15) is 31.5 Å². The van der Waals surface area contributed by atoms with Crippen LogP contribution in [0, 0.1) is 13.8 Å². The molecular weight excluding hydrogens is 275 g/mol. The minimum atomic E-state index is -4.39. The third-order valence-electron chi connectivity index (χ3n) is 2.70. The zero-order valence-electron chi connectivity index (χ0n) is 10.2. The van der Waals surface area contributed by atoms with Crippen molar-refractivity contribution < 1.29 is 18.0 Å². The van der Waals surface area contributed by atoms with E-state index >= 15 is 0 Å². The number of rotatable bonds is 2. The lowest BCUT2D eigenvalue weighted by atomic mass is 10.1. The molecule has 0 aliphatic rings. The largest absolute Gasteiger partial charge is 0.416 e. The van der Waals surface area contributed by atoms with Crippen LogP contribution in [-0.4, -0.2) is 10.8 Å². The molecule has 0 spiro atoms. The first-order chi connectivity index (χ1) is 8.79. The lowest BCUT2D eigenvalue weighted by molar-refractivity contribution is -0.137. The number of carbonyl (C=O) groups is 1. The first kappa shape index (κ1) is 13.7. The topological polar surface area (TPSA) is 30.0 Å². The standard InChI is InChI=1S/C13H10F3NOS/c1-7-8(2)19-12(17-7)11(18)9-3-5-10(6-4-9)13(14,15)16/h3-6H,1-2H3. The summed E-state index contributed by atoms with van der Waals surface area (Å²) in [4.78, 5) is 17.1. The summed E-state index contributed by atoms with van der Waals surface area (Å²) in [7, 11) is 0. The maximum absolute atomic E-state index is 12.4. The molecule has 0 unspecified atom stereocenters. The Balaban J connectivity index is 2.30. The molecule has 0 bridgehead atoms. The number of halogens is 3. The molecule has 0 atom stereocenters. The van der Waals surface area contributed by atoms with Gasteiger partial charge >= 0.3 is 6.18 Å². The normalized spacial score (nSPS) is 11.6. The summed E-state index contributed by atoms with van der Waals surface area (Å²) in [6.45, 7) is 3.63. The van der Waals surface area contributed by atoms with Gasteiger partial charge in [0.1, 0.15) is 0 Å². The van der Waals surface area contributed by atoms with Gasteiger partial charge in [0.2, 0.25) is 5.78 Å². The van der Waals surface area contributed by atoms with Gasteiger partial charge in [0, 0.05) is 10.4 Å². The Morgan fingerprint density at radius 2 is 1.74 bits per heavy atom. The second kappa shape index (κ2) is 4.77. The van der Waals surface area contributed by atoms with E-state index in [0.29, 0.717) is 5.01 Å². The molecule has 100 valence electrons. The molecule has 0 aliphatic heterocycles. The highest BCUT2D eigenvalue weighted by Gasteiger charge is 2.30. The molecule has 2 aromatic rings. The fourth-order valence-electron chi connectivity index (χ4n) is 1.50. The average molecular weight is 285 g/mol. The van der Waals surface area contributed by atoms with Gasteiger partial charge in [-0.1, -0.05) is 12.1 Å². The number of ketones is 1. The van der Waals surface area contributed by atoms with Gasteiger partial charge < -0.3 is 0 Å².